The molecule has 118 valence electrons. The Kier molecular flexibility index (Phi) is 5.39. The van der Waals surface area contributed by atoms with Gasteiger partial charge in [0.1, 0.15) is 12.4 Å². The maximum Gasteiger partial charge on any atom is 0.165 e. The van der Waals surface area contributed by atoms with Crippen molar-refractivity contribution in [2.45, 2.75) is 31.0 Å². The lowest BCUT2D eigenvalue weighted by Gasteiger charge is -2.33. The van der Waals surface area contributed by atoms with Crippen LogP contribution in [0.3, 0.4) is 0 Å². The van der Waals surface area contributed by atoms with Gasteiger partial charge in [-0.25, -0.2) is 4.39 Å². The highest BCUT2D eigenvalue weighted by Crippen LogP contribution is 2.27. The average molecular weight is 300 g/mol. The molecule has 0 saturated carbocycles. The fourth-order valence-electron chi connectivity index (χ4n) is 2.38. The molecule has 1 saturated heterocycles. The molecule has 1 fully saturated rings. The second-order valence-electron chi connectivity index (χ2n) is 5.30. The first kappa shape index (κ1) is 16.0. The second-order valence-corrected chi connectivity index (χ2v) is 5.30. The molecular weight excluding hydrogens is 279 g/mol. The van der Waals surface area contributed by atoms with Crippen molar-refractivity contribution < 1.29 is 28.8 Å². The molecule has 2 rings (SSSR count). The van der Waals surface area contributed by atoms with Gasteiger partial charge in [0.15, 0.2) is 11.6 Å². The molecule has 1 heterocycles. The van der Waals surface area contributed by atoms with Crippen LogP contribution in [0.2, 0.25) is 0 Å². The van der Waals surface area contributed by atoms with Gasteiger partial charge in [-0.2, -0.15) is 0 Å². The van der Waals surface area contributed by atoms with Gasteiger partial charge in [0.05, 0.1) is 18.8 Å². The monoisotopic (exact) mass is 300 g/mol. The Hall–Kier alpha value is -1.37. The Bertz CT molecular complexity index is 459. The summed E-state index contributed by atoms with van der Waals surface area (Å²) >= 11 is 0. The van der Waals surface area contributed by atoms with Crippen LogP contribution >= 0.6 is 0 Å². The van der Waals surface area contributed by atoms with Crippen molar-refractivity contribution in [3.05, 3.63) is 24.0 Å². The van der Waals surface area contributed by atoms with Crippen molar-refractivity contribution in [3.8, 4) is 11.5 Å². The van der Waals surface area contributed by atoms with Crippen LogP contribution < -0.4 is 9.47 Å². The summed E-state index contributed by atoms with van der Waals surface area (Å²) in [7, 11) is 1.37. The third-order valence-corrected chi connectivity index (χ3v) is 3.60. The quantitative estimate of drug-likeness (QED) is 0.833. The Morgan fingerprint density at radius 2 is 2.10 bits per heavy atom. The molecule has 0 bridgehead atoms. The van der Waals surface area contributed by atoms with Crippen LogP contribution in [0.15, 0.2) is 18.2 Å². The van der Waals surface area contributed by atoms with Crippen LogP contribution in [-0.2, 0) is 4.74 Å². The maximum absolute atomic E-state index is 13.3. The zero-order chi connectivity index (χ0) is 15.3. The van der Waals surface area contributed by atoms with E-state index in [1.54, 1.807) is 0 Å². The van der Waals surface area contributed by atoms with Gasteiger partial charge >= 0.3 is 0 Å². The Labute approximate surface area is 123 Å². The first-order valence-corrected chi connectivity index (χ1v) is 6.97. The number of halogens is 1. The minimum atomic E-state index is -0.901. The molecule has 0 spiro atoms. The van der Waals surface area contributed by atoms with Gasteiger partial charge in [0, 0.05) is 25.7 Å². The standard InChI is InChI=1S/C15H21FO5/c1-19-14-8-12(2-3-13(14)16)21-10-11(17)9-15(18)4-6-20-7-5-15/h2-3,8,11,17-18H,4-7,9-10H2,1H3. The molecule has 1 atom stereocenters. The van der Waals surface area contributed by atoms with Crippen LogP contribution in [0.25, 0.3) is 0 Å². The molecule has 0 radical (unpaired) electrons. The minimum Gasteiger partial charge on any atom is -0.494 e. The van der Waals surface area contributed by atoms with Crippen molar-refractivity contribution in [2.24, 2.45) is 0 Å². The molecule has 0 amide bonds. The van der Waals surface area contributed by atoms with Crippen LogP contribution in [0.5, 0.6) is 11.5 Å². The molecule has 1 aliphatic heterocycles. The van der Waals surface area contributed by atoms with Gasteiger partial charge in [-0.15, -0.1) is 0 Å². The highest BCUT2D eigenvalue weighted by atomic mass is 19.1. The van der Waals surface area contributed by atoms with Crippen molar-refractivity contribution in [1.82, 2.24) is 0 Å². The topological polar surface area (TPSA) is 68.2 Å². The largest absolute Gasteiger partial charge is 0.494 e. The number of aliphatic hydroxyl groups is 2. The van der Waals surface area contributed by atoms with Gasteiger partial charge in [-0.1, -0.05) is 0 Å². The van der Waals surface area contributed by atoms with E-state index in [2.05, 4.69) is 0 Å². The molecule has 1 unspecified atom stereocenters. The average Bonchev–Trinajstić information content (AvgIpc) is 2.46. The summed E-state index contributed by atoms with van der Waals surface area (Å²) in [4.78, 5) is 0. The summed E-state index contributed by atoms with van der Waals surface area (Å²) in [6, 6.07) is 4.13. The third-order valence-electron chi connectivity index (χ3n) is 3.60. The number of hydrogen-bond donors (Lipinski definition) is 2. The molecule has 6 heteroatoms. The lowest BCUT2D eigenvalue weighted by atomic mass is 9.88. The van der Waals surface area contributed by atoms with Gasteiger partial charge in [0.2, 0.25) is 0 Å². The summed E-state index contributed by atoms with van der Waals surface area (Å²) in [6.45, 7) is 1.02. The van der Waals surface area contributed by atoms with E-state index in [1.807, 2.05) is 0 Å². The molecule has 2 N–H and O–H groups in total. The van der Waals surface area contributed by atoms with E-state index >= 15 is 0 Å². The Morgan fingerprint density at radius 3 is 2.76 bits per heavy atom. The van der Waals surface area contributed by atoms with Crippen LogP contribution in [0.4, 0.5) is 4.39 Å². The summed E-state index contributed by atoms with van der Waals surface area (Å²) in [6.07, 6.45) is 0.446. The third kappa shape index (κ3) is 4.56. The smallest absolute Gasteiger partial charge is 0.165 e. The molecule has 0 aliphatic carbocycles. The fraction of sp³-hybridized carbons (Fsp3) is 0.600. The first-order valence-electron chi connectivity index (χ1n) is 6.97. The summed E-state index contributed by atoms with van der Waals surface area (Å²) in [5.74, 6) is 0.0261. The minimum absolute atomic E-state index is 0.0257. The van der Waals surface area contributed by atoms with E-state index in [4.69, 9.17) is 14.2 Å². The van der Waals surface area contributed by atoms with E-state index < -0.39 is 17.5 Å². The van der Waals surface area contributed by atoms with E-state index in [0.717, 1.165) is 0 Å². The van der Waals surface area contributed by atoms with Crippen molar-refractivity contribution in [2.75, 3.05) is 26.9 Å². The highest BCUT2D eigenvalue weighted by molar-refractivity contribution is 5.34. The zero-order valence-electron chi connectivity index (χ0n) is 12.0. The summed E-state index contributed by atoms with van der Waals surface area (Å²) < 4.78 is 28.7. The molecule has 1 aromatic rings. The second kappa shape index (κ2) is 7.06. The molecule has 1 aliphatic rings. The maximum atomic E-state index is 13.3. The number of ether oxygens (including phenoxy) is 3. The molecule has 21 heavy (non-hydrogen) atoms. The van der Waals surface area contributed by atoms with Crippen molar-refractivity contribution >= 4 is 0 Å². The van der Waals surface area contributed by atoms with E-state index in [1.165, 1.54) is 25.3 Å². The van der Waals surface area contributed by atoms with Gasteiger partial charge in [0.25, 0.3) is 0 Å². The Morgan fingerprint density at radius 1 is 1.38 bits per heavy atom. The molecule has 5 nitrogen and oxygen atoms in total. The van der Waals surface area contributed by atoms with Crippen molar-refractivity contribution in [3.63, 3.8) is 0 Å². The number of methoxy groups -OCH3 is 1. The van der Waals surface area contributed by atoms with Crippen LogP contribution in [-0.4, -0.2) is 48.8 Å². The van der Waals surface area contributed by atoms with E-state index in [-0.39, 0.29) is 18.8 Å². The molecule has 1 aromatic carbocycles. The van der Waals surface area contributed by atoms with Crippen LogP contribution in [0.1, 0.15) is 19.3 Å². The van der Waals surface area contributed by atoms with Gasteiger partial charge < -0.3 is 24.4 Å². The first-order chi connectivity index (χ1) is 10.0. The van der Waals surface area contributed by atoms with Gasteiger partial charge in [-0.3, -0.25) is 0 Å². The zero-order valence-corrected chi connectivity index (χ0v) is 12.0. The van der Waals surface area contributed by atoms with E-state index in [0.29, 0.717) is 31.8 Å². The lowest BCUT2D eigenvalue weighted by molar-refractivity contribution is -0.0906. The highest BCUT2D eigenvalue weighted by Gasteiger charge is 2.32. The predicted molar refractivity (Wildman–Crippen MR) is 74.1 cm³/mol. The molecular formula is C15H21FO5. The van der Waals surface area contributed by atoms with Crippen LogP contribution in [0, 0.1) is 5.82 Å². The lowest BCUT2D eigenvalue weighted by Crippen LogP contribution is -2.40. The Balaban J connectivity index is 1.84. The number of hydrogen-bond acceptors (Lipinski definition) is 5. The molecule has 0 aromatic heterocycles. The van der Waals surface area contributed by atoms with Crippen molar-refractivity contribution in [1.29, 1.82) is 0 Å². The summed E-state index contributed by atoms with van der Waals surface area (Å²) in [5.41, 5.74) is -0.901. The summed E-state index contributed by atoms with van der Waals surface area (Å²) in [5, 5.41) is 20.3. The fourth-order valence-corrected chi connectivity index (χ4v) is 2.38. The predicted octanol–water partition coefficient (Wildman–Crippen LogP) is 1.51. The van der Waals surface area contributed by atoms with Gasteiger partial charge in [-0.05, 0) is 25.0 Å². The number of benzene rings is 1. The normalized spacial score (nSPS) is 19.0. The number of aliphatic hydroxyl groups excluding tert-OH is 1. The number of rotatable bonds is 6. The van der Waals surface area contributed by atoms with E-state index in [9.17, 15) is 14.6 Å². The SMILES string of the molecule is COc1cc(OCC(O)CC2(O)CCOCC2)ccc1F.